The molecule has 0 radical (unpaired) electrons. The summed E-state index contributed by atoms with van der Waals surface area (Å²) in [4.78, 5) is 0. The van der Waals surface area contributed by atoms with Gasteiger partial charge >= 0.3 is 0 Å². The summed E-state index contributed by atoms with van der Waals surface area (Å²) in [5.74, 6) is 1.83. The van der Waals surface area contributed by atoms with Crippen LogP contribution >= 0.6 is 12.4 Å². The van der Waals surface area contributed by atoms with Crippen LogP contribution in [0.25, 0.3) is 11.1 Å². The molecule has 0 spiro atoms. The van der Waals surface area contributed by atoms with Crippen LogP contribution in [0.1, 0.15) is 6.42 Å². The fourth-order valence-electron chi connectivity index (χ4n) is 2.64. The van der Waals surface area contributed by atoms with Gasteiger partial charge in [-0.2, -0.15) is 0 Å². The van der Waals surface area contributed by atoms with E-state index in [2.05, 4.69) is 41.7 Å². The number of nitrogens with one attached hydrogen (secondary N) is 1. The van der Waals surface area contributed by atoms with Gasteiger partial charge in [0, 0.05) is 6.54 Å². The summed E-state index contributed by atoms with van der Waals surface area (Å²) >= 11 is 0. The second kappa shape index (κ2) is 12.0. The molecule has 3 aromatic carbocycles. The Morgan fingerprint density at radius 3 is 1.81 bits per heavy atom. The molecule has 0 aliphatic rings. The summed E-state index contributed by atoms with van der Waals surface area (Å²) in [6.07, 6.45) is 0.973. The summed E-state index contributed by atoms with van der Waals surface area (Å²) in [6.45, 7) is 3.12. The van der Waals surface area contributed by atoms with Gasteiger partial charge in [0.1, 0.15) is 18.1 Å². The molecule has 0 fully saturated rings. The molecule has 0 saturated heterocycles. The number of hydrogen-bond acceptors (Lipinski definition) is 3. The zero-order valence-corrected chi connectivity index (χ0v) is 16.2. The number of halogens is 1. The van der Waals surface area contributed by atoms with Crippen LogP contribution < -0.4 is 14.8 Å². The van der Waals surface area contributed by atoms with Crippen LogP contribution in [0.3, 0.4) is 0 Å². The molecule has 3 nitrogen and oxygen atoms in total. The zero-order chi connectivity index (χ0) is 17.9. The van der Waals surface area contributed by atoms with E-state index in [1.807, 2.05) is 48.5 Å². The fraction of sp³-hybridized carbons (Fsp3) is 0.217. The van der Waals surface area contributed by atoms with Crippen molar-refractivity contribution in [3.63, 3.8) is 0 Å². The third-order valence-corrected chi connectivity index (χ3v) is 4.02. The Kier molecular flexibility index (Phi) is 9.25. The summed E-state index contributed by atoms with van der Waals surface area (Å²) in [5.41, 5.74) is 2.42. The van der Waals surface area contributed by atoms with Crippen molar-refractivity contribution in [2.24, 2.45) is 0 Å². The lowest BCUT2D eigenvalue weighted by molar-refractivity contribution is 0.294. The average molecular weight is 384 g/mol. The Morgan fingerprint density at radius 2 is 1.11 bits per heavy atom. The van der Waals surface area contributed by atoms with Crippen LogP contribution in [0.15, 0.2) is 84.9 Å². The number of ether oxygens (including phenoxy) is 2. The highest BCUT2D eigenvalue weighted by Crippen LogP contribution is 2.21. The van der Waals surface area contributed by atoms with Crippen LogP contribution in [0.2, 0.25) is 0 Å². The van der Waals surface area contributed by atoms with Gasteiger partial charge in [0.25, 0.3) is 0 Å². The normalized spacial score (nSPS) is 10.1. The van der Waals surface area contributed by atoms with Crippen molar-refractivity contribution in [1.82, 2.24) is 5.32 Å². The molecule has 0 amide bonds. The van der Waals surface area contributed by atoms with E-state index < -0.39 is 0 Å². The lowest BCUT2D eigenvalue weighted by Gasteiger charge is -2.09. The fourth-order valence-corrected chi connectivity index (χ4v) is 2.64. The monoisotopic (exact) mass is 383 g/mol. The Labute approximate surface area is 167 Å². The molecule has 0 aromatic heterocycles. The predicted molar refractivity (Wildman–Crippen MR) is 114 cm³/mol. The molecule has 27 heavy (non-hydrogen) atoms. The Hall–Kier alpha value is -2.49. The van der Waals surface area contributed by atoms with Gasteiger partial charge in [-0.1, -0.05) is 60.7 Å². The molecular weight excluding hydrogens is 358 g/mol. The lowest BCUT2D eigenvalue weighted by atomic mass is 10.1. The molecule has 0 atom stereocenters. The third kappa shape index (κ3) is 7.33. The second-order valence-corrected chi connectivity index (χ2v) is 6.00. The highest BCUT2D eigenvalue weighted by molar-refractivity contribution is 5.85. The van der Waals surface area contributed by atoms with Crippen molar-refractivity contribution in [2.75, 3.05) is 26.3 Å². The van der Waals surface area contributed by atoms with Crippen LogP contribution in [0.5, 0.6) is 11.5 Å². The molecule has 0 aliphatic carbocycles. The van der Waals surface area contributed by atoms with Gasteiger partial charge in [-0.15, -0.1) is 12.4 Å². The SMILES string of the molecule is Cl.c1ccc(OCCCNCCOc2ccc(-c3ccccc3)cc2)cc1. The molecule has 0 heterocycles. The minimum Gasteiger partial charge on any atom is -0.494 e. The minimum absolute atomic E-state index is 0. The molecule has 0 bridgehead atoms. The second-order valence-electron chi connectivity index (χ2n) is 6.00. The van der Waals surface area contributed by atoms with Crippen molar-refractivity contribution >= 4 is 12.4 Å². The zero-order valence-electron chi connectivity index (χ0n) is 15.3. The molecule has 142 valence electrons. The quantitative estimate of drug-likeness (QED) is 0.487. The van der Waals surface area contributed by atoms with Crippen LogP contribution in [-0.4, -0.2) is 26.3 Å². The molecule has 4 heteroatoms. The molecule has 0 aliphatic heterocycles. The van der Waals surface area contributed by atoms with Crippen molar-refractivity contribution < 1.29 is 9.47 Å². The number of rotatable bonds is 10. The molecule has 1 N–H and O–H groups in total. The first-order valence-electron chi connectivity index (χ1n) is 9.09. The first-order chi connectivity index (χ1) is 12.9. The summed E-state index contributed by atoms with van der Waals surface area (Å²) in [6, 6.07) is 28.5. The maximum absolute atomic E-state index is 5.78. The summed E-state index contributed by atoms with van der Waals surface area (Å²) in [7, 11) is 0. The largest absolute Gasteiger partial charge is 0.494 e. The van der Waals surface area contributed by atoms with Gasteiger partial charge in [0.15, 0.2) is 0 Å². The number of hydrogen-bond donors (Lipinski definition) is 1. The molecule has 0 saturated carbocycles. The predicted octanol–water partition coefficient (Wildman–Crippen LogP) is 5.21. The Bertz CT molecular complexity index is 748. The number of benzene rings is 3. The van der Waals surface area contributed by atoms with Gasteiger partial charge in [0.2, 0.25) is 0 Å². The topological polar surface area (TPSA) is 30.5 Å². The molecule has 3 aromatic rings. The summed E-state index contributed by atoms with van der Waals surface area (Å²) in [5, 5.41) is 3.37. The van der Waals surface area contributed by atoms with Crippen LogP contribution in [-0.2, 0) is 0 Å². The van der Waals surface area contributed by atoms with Gasteiger partial charge in [-0.05, 0) is 48.4 Å². The van der Waals surface area contributed by atoms with Gasteiger partial charge < -0.3 is 14.8 Å². The minimum atomic E-state index is 0. The highest BCUT2D eigenvalue weighted by atomic mass is 35.5. The molecular formula is C23H26ClNO2. The lowest BCUT2D eigenvalue weighted by Crippen LogP contribution is -2.23. The Morgan fingerprint density at radius 1 is 0.556 bits per heavy atom. The third-order valence-electron chi connectivity index (χ3n) is 4.02. The van der Waals surface area contributed by atoms with E-state index in [0.717, 1.165) is 37.6 Å². The van der Waals surface area contributed by atoms with Gasteiger partial charge in [-0.3, -0.25) is 0 Å². The maximum atomic E-state index is 5.78. The molecule has 0 unspecified atom stereocenters. The van der Waals surface area contributed by atoms with E-state index in [1.165, 1.54) is 11.1 Å². The van der Waals surface area contributed by atoms with Crippen molar-refractivity contribution in [3.8, 4) is 22.6 Å². The van der Waals surface area contributed by atoms with E-state index in [-0.39, 0.29) is 12.4 Å². The van der Waals surface area contributed by atoms with Gasteiger partial charge in [0.05, 0.1) is 6.61 Å². The standard InChI is InChI=1S/C23H25NO2.ClH/c1-3-8-20(9-4-1)21-12-14-23(15-13-21)26-19-17-24-16-7-18-25-22-10-5-2-6-11-22;/h1-6,8-15,24H,7,16-19H2;1H. The number of para-hydroxylation sites is 1. The first-order valence-corrected chi connectivity index (χ1v) is 9.09. The summed E-state index contributed by atoms with van der Waals surface area (Å²) < 4.78 is 11.4. The average Bonchev–Trinajstić information content (AvgIpc) is 2.72. The molecule has 3 rings (SSSR count). The van der Waals surface area contributed by atoms with Crippen LogP contribution in [0.4, 0.5) is 0 Å². The Balaban J connectivity index is 0.00000261. The van der Waals surface area contributed by atoms with Crippen molar-refractivity contribution in [2.45, 2.75) is 6.42 Å². The van der Waals surface area contributed by atoms with Gasteiger partial charge in [-0.25, -0.2) is 0 Å². The van der Waals surface area contributed by atoms with E-state index in [1.54, 1.807) is 0 Å². The highest BCUT2D eigenvalue weighted by Gasteiger charge is 1.98. The van der Waals surface area contributed by atoms with E-state index >= 15 is 0 Å². The van der Waals surface area contributed by atoms with E-state index in [4.69, 9.17) is 9.47 Å². The van der Waals surface area contributed by atoms with E-state index in [9.17, 15) is 0 Å². The smallest absolute Gasteiger partial charge is 0.119 e. The van der Waals surface area contributed by atoms with E-state index in [0.29, 0.717) is 6.61 Å². The van der Waals surface area contributed by atoms with Crippen molar-refractivity contribution in [3.05, 3.63) is 84.9 Å². The first kappa shape index (κ1) is 20.8. The van der Waals surface area contributed by atoms with Crippen LogP contribution in [0, 0.1) is 0 Å². The van der Waals surface area contributed by atoms with Crippen molar-refractivity contribution in [1.29, 1.82) is 0 Å². The maximum Gasteiger partial charge on any atom is 0.119 e.